The van der Waals surface area contributed by atoms with Gasteiger partial charge < -0.3 is 20.8 Å². The van der Waals surface area contributed by atoms with E-state index in [-0.39, 0.29) is 23.7 Å². The summed E-state index contributed by atoms with van der Waals surface area (Å²) in [6.07, 6.45) is 1.33. The van der Waals surface area contributed by atoms with Crippen LogP contribution in [0.3, 0.4) is 0 Å². The van der Waals surface area contributed by atoms with Crippen LogP contribution in [0.2, 0.25) is 0 Å². The first-order valence-electron chi connectivity index (χ1n) is 7.73. The van der Waals surface area contributed by atoms with Gasteiger partial charge in [0.05, 0.1) is 0 Å². The molecule has 4 aliphatic rings. The fraction of sp³-hybridized carbons (Fsp3) is 0.857. The number of halogens is 4. The number of carbonyl (C=O) groups is 2. The van der Waals surface area contributed by atoms with E-state index < -0.39 is 23.8 Å². The zero-order chi connectivity index (χ0) is 18.1. The van der Waals surface area contributed by atoms with E-state index in [9.17, 15) is 17.6 Å². The third-order valence-corrected chi connectivity index (χ3v) is 4.91. The normalized spacial score (nSPS) is 36.3. The quantitative estimate of drug-likeness (QED) is 0.380. The number of fused-ring (bicyclic) bond motifs is 2. The summed E-state index contributed by atoms with van der Waals surface area (Å²) in [6, 6.07) is 0. The molecule has 138 valence electrons. The van der Waals surface area contributed by atoms with E-state index in [4.69, 9.17) is 19.8 Å². The second kappa shape index (κ2) is 6.83. The summed E-state index contributed by atoms with van der Waals surface area (Å²) in [5, 5.41) is 20.7. The lowest BCUT2D eigenvalue weighted by atomic mass is 10.2. The lowest BCUT2D eigenvalue weighted by Crippen LogP contribution is -2.23. The van der Waals surface area contributed by atoms with Crippen LogP contribution in [0.15, 0.2) is 0 Å². The molecule has 0 aromatic heterocycles. The van der Waals surface area contributed by atoms with Crippen molar-refractivity contribution in [2.45, 2.75) is 24.7 Å². The van der Waals surface area contributed by atoms with Gasteiger partial charge in [-0.25, -0.2) is 27.2 Å². The summed E-state index contributed by atoms with van der Waals surface area (Å²) in [4.78, 5) is 18.2. The molecule has 4 unspecified atom stereocenters. The molecule has 24 heavy (non-hydrogen) atoms. The van der Waals surface area contributed by atoms with Gasteiger partial charge in [-0.2, -0.15) is 0 Å². The van der Waals surface area contributed by atoms with Crippen molar-refractivity contribution >= 4 is 11.9 Å². The first-order valence-corrected chi connectivity index (χ1v) is 7.73. The van der Waals surface area contributed by atoms with Crippen LogP contribution < -0.4 is 10.6 Å². The highest BCUT2D eigenvalue weighted by Gasteiger charge is 2.68. The third kappa shape index (κ3) is 3.97. The molecule has 0 radical (unpaired) electrons. The number of carboxylic acid groups (broad SMARTS) is 2. The lowest BCUT2D eigenvalue weighted by molar-refractivity contribution is -0.159. The summed E-state index contributed by atoms with van der Waals surface area (Å²) in [7, 11) is 0. The maximum Gasteiger partial charge on any atom is 0.414 e. The lowest BCUT2D eigenvalue weighted by Gasteiger charge is -2.05. The fourth-order valence-corrected chi connectivity index (χ4v) is 3.30. The Morgan fingerprint density at radius 2 is 1.08 bits per heavy atom. The smallest absolute Gasteiger partial charge is 0.414 e. The van der Waals surface area contributed by atoms with Gasteiger partial charge >= 0.3 is 11.9 Å². The van der Waals surface area contributed by atoms with Crippen LogP contribution in [-0.2, 0) is 9.59 Å². The molecule has 4 atom stereocenters. The molecule has 0 spiro atoms. The fourth-order valence-electron chi connectivity index (χ4n) is 3.30. The Hall–Kier alpha value is -1.42. The molecular weight excluding hydrogens is 336 g/mol. The van der Waals surface area contributed by atoms with Gasteiger partial charge in [0.2, 0.25) is 0 Å². The minimum atomic E-state index is -2.32. The van der Waals surface area contributed by atoms with Gasteiger partial charge in [0.25, 0.3) is 11.8 Å². The Kier molecular flexibility index (Phi) is 5.38. The van der Waals surface area contributed by atoms with Crippen LogP contribution >= 0.6 is 0 Å². The molecule has 0 aromatic rings. The van der Waals surface area contributed by atoms with Gasteiger partial charge in [0, 0.05) is 36.8 Å². The van der Waals surface area contributed by atoms with Gasteiger partial charge in [-0.3, -0.25) is 0 Å². The van der Waals surface area contributed by atoms with Crippen molar-refractivity contribution in [3.05, 3.63) is 0 Å². The molecule has 10 heteroatoms. The number of aliphatic carboxylic acids is 2. The summed E-state index contributed by atoms with van der Waals surface area (Å²) < 4.78 is 49.8. The topological polar surface area (TPSA) is 98.7 Å². The van der Waals surface area contributed by atoms with Crippen molar-refractivity contribution in [3.63, 3.8) is 0 Å². The number of nitrogens with one attached hydrogen (secondary N) is 2. The van der Waals surface area contributed by atoms with Crippen LogP contribution in [0.4, 0.5) is 17.6 Å². The molecule has 2 aliphatic heterocycles. The predicted octanol–water partition coefficient (Wildman–Crippen LogP) is 0.878. The van der Waals surface area contributed by atoms with E-state index in [1.165, 1.54) is 0 Å². The second-order valence-corrected chi connectivity index (χ2v) is 6.37. The zero-order valence-electron chi connectivity index (χ0n) is 12.8. The van der Waals surface area contributed by atoms with Crippen molar-refractivity contribution in [1.82, 2.24) is 10.6 Å². The number of piperidine rings is 2. The Morgan fingerprint density at radius 3 is 1.25 bits per heavy atom. The van der Waals surface area contributed by atoms with Gasteiger partial charge in [0.1, 0.15) is 0 Å². The van der Waals surface area contributed by atoms with E-state index in [1.54, 1.807) is 0 Å². The van der Waals surface area contributed by atoms with E-state index in [2.05, 4.69) is 10.6 Å². The average molecular weight is 356 g/mol. The highest BCUT2D eigenvalue weighted by molar-refractivity contribution is 6.27. The monoisotopic (exact) mass is 356 g/mol. The largest absolute Gasteiger partial charge is 0.473 e. The SMILES string of the molecule is FC1(F)C2CCNCC21.FC1(F)C2CCNCC21.O=C(O)C(=O)O. The first-order chi connectivity index (χ1) is 11.1. The average Bonchev–Trinajstić information content (AvgIpc) is 3.32. The molecular formula is C14H20F4N2O4. The molecule has 2 aliphatic carbocycles. The van der Waals surface area contributed by atoms with Crippen molar-refractivity contribution in [1.29, 1.82) is 0 Å². The summed E-state index contributed by atoms with van der Waals surface area (Å²) in [5.41, 5.74) is 0. The van der Waals surface area contributed by atoms with E-state index >= 15 is 0 Å². The molecule has 4 rings (SSSR count). The molecule has 0 amide bonds. The van der Waals surface area contributed by atoms with Gasteiger partial charge in [-0.15, -0.1) is 0 Å². The standard InChI is InChI=1S/2C6H9F2N.C2H2O4/c2*7-6(8)4-1-2-9-3-5(4)6;3-1(4)2(5)6/h2*4-5,9H,1-3H2;(H,3,4)(H,5,6). The Balaban J connectivity index is 0.000000134. The van der Waals surface area contributed by atoms with Crippen LogP contribution in [0.1, 0.15) is 12.8 Å². The minimum absolute atomic E-state index is 0.279. The molecule has 6 nitrogen and oxygen atoms in total. The van der Waals surface area contributed by atoms with Crippen molar-refractivity contribution in [3.8, 4) is 0 Å². The Labute approximate surface area is 135 Å². The van der Waals surface area contributed by atoms with Gasteiger partial charge in [-0.1, -0.05) is 0 Å². The number of alkyl halides is 4. The summed E-state index contributed by atoms with van der Waals surface area (Å²) in [5.74, 6) is -9.49. The molecule has 0 aromatic carbocycles. The number of carboxylic acids is 2. The van der Waals surface area contributed by atoms with Gasteiger partial charge in [-0.05, 0) is 25.9 Å². The summed E-state index contributed by atoms with van der Waals surface area (Å²) in [6.45, 7) is 2.60. The van der Waals surface area contributed by atoms with Crippen LogP contribution in [0.25, 0.3) is 0 Å². The van der Waals surface area contributed by atoms with E-state index in [0.29, 0.717) is 25.9 Å². The van der Waals surface area contributed by atoms with Crippen LogP contribution in [-0.4, -0.2) is 60.2 Å². The molecule has 0 bridgehead atoms. The molecule has 2 saturated heterocycles. The van der Waals surface area contributed by atoms with Crippen LogP contribution in [0.5, 0.6) is 0 Å². The second-order valence-electron chi connectivity index (χ2n) is 6.37. The maximum atomic E-state index is 12.5. The number of hydrogen-bond donors (Lipinski definition) is 4. The van der Waals surface area contributed by atoms with Crippen LogP contribution in [0, 0.1) is 23.7 Å². The van der Waals surface area contributed by atoms with E-state index in [1.807, 2.05) is 0 Å². The van der Waals surface area contributed by atoms with E-state index in [0.717, 1.165) is 13.1 Å². The molecule has 4 N–H and O–H groups in total. The predicted molar refractivity (Wildman–Crippen MR) is 74.1 cm³/mol. The Bertz CT molecular complexity index is 431. The van der Waals surface area contributed by atoms with Crippen molar-refractivity contribution in [2.75, 3.05) is 26.2 Å². The minimum Gasteiger partial charge on any atom is -0.473 e. The van der Waals surface area contributed by atoms with Gasteiger partial charge in [0.15, 0.2) is 0 Å². The third-order valence-electron chi connectivity index (χ3n) is 4.91. The molecule has 2 heterocycles. The maximum absolute atomic E-state index is 12.5. The van der Waals surface area contributed by atoms with Crippen molar-refractivity contribution in [2.24, 2.45) is 23.7 Å². The zero-order valence-corrected chi connectivity index (χ0v) is 12.8. The highest BCUT2D eigenvalue weighted by atomic mass is 19.3. The highest BCUT2D eigenvalue weighted by Crippen LogP contribution is 2.58. The molecule has 4 fully saturated rings. The first kappa shape index (κ1) is 18.9. The Morgan fingerprint density at radius 1 is 0.750 bits per heavy atom. The summed E-state index contributed by atoms with van der Waals surface area (Å²) >= 11 is 0. The number of rotatable bonds is 0. The number of hydrogen-bond acceptors (Lipinski definition) is 4. The van der Waals surface area contributed by atoms with Crippen molar-refractivity contribution < 1.29 is 37.4 Å². The molecule has 2 saturated carbocycles.